The highest BCUT2D eigenvalue weighted by Gasteiger charge is 2.62. The number of benzene rings is 1. The number of carbonyl (C=O) groups excluding carboxylic acids is 1. The molecule has 1 aromatic carbocycles. The van der Waals surface area contributed by atoms with Crippen LogP contribution < -0.4 is 15.8 Å². The van der Waals surface area contributed by atoms with Crippen LogP contribution in [0.3, 0.4) is 0 Å². The molecule has 0 spiro atoms. The molecule has 0 saturated carbocycles. The summed E-state index contributed by atoms with van der Waals surface area (Å²) >= 11 is 0. The van der Waals surface area contributed by atoms with Gasteiger partial charge >= 0.3 is 6.18 Å². The maximum atomic E-state index is 14.9. The first-order chi connectivity index (χ1) is 15.6. The smallest absolute Gasteiger partial charge is 0.415 e. The second kappa shape index (κ2) is 8.46. The standard InChI is InChI=1S/C20H19F4N5O4/c1-2-31-15-7-26-14(6-27-15)17(30)28-10-3-4-13(21)11(5-10)19-9-33-16(20(22,23)24)12(19)8-32-18(25)29-19/h3-7,12,16H,2,8-9H2,1H3,(H2,25,29)(H,28,30). The number of nitrogens with zero attached hydrogens (tertiary/aromatic N) is 3. The predicted octanol–water partition coefficient (Wildman–Crippen LogP) is 2.38. The number of nitrogens with one attached hydrogen (secondary N) is 1. The number of carbonyl (C=O) groups is 1. The van der Waals surface area contributed by atoms with Crippen molar-refractivity contribution in [2.24, 2.45) is 16.6 Å². The van der Waals surface area contributed by atoms with Crippen LogP contribution in [0.15, 0.2) is 35.6 Å². The number of nitrogens with two attached hydrogens (primary N) is 1. The van der Waals surface area contributed by atoms with E-state index in [0.29, 0.717) is 6.61 Å². The average molecular weight is 469 g/mol. The van der Waals surface area contributed by atoms with E-state index in [4.69, 9.17) is 19.9 Å². The van der Waals surface area contributed by atoms with Crippen molar-refractivity contribution < 1.29 is 36.6 Å². The zero-order valence-corrected chi connectivity index (χ0v) is 17.2. The van der Waals surface area contributed by atoms with E-state index in [2.05, 4.69) is 20.3 Å². The molecule has 3 unspecified atom stereocenters. The number of fused-ring (bicyclic) bond motifs is 1. The first kappa shape index (κ1) is 22.7. The van der Waals surface area contributed by atoms with Gasteiger partial charge in [0.2, 0.25) is 5.88 Å². The lowest BCUT2D eigenvalue weighted by Crippen LogP contribution is -2.48. The maximum Gasteiger partial charge on any atom is 0.415 e. The molecule has 3 heterocycles. The Balaban J connectivity index is 1.65. The van der Waals surface area contributed by atoms with Crippen LogP contribution in [0.25, 0.3) is 0 Å². The number of hydrogen-bond acceptors (Lipinski definition) is 8. The number of amidine groups is 1. The predicted molar refractivity (Wildman–Crippen MR) is 106 cm³/mol. The highest BCUT2D eigenvalue weighted by Crippen LogP contribution is 2.50. The van der Waals surface area contributed by atoms with Crippen LogP contribution >= 0.6 is 0 Å². The van der Waals surface area contributed by atoms with Crippen molar-refractivity contribution in [3.63, 3.8) is 0 Å². The molecule has 0 bridgehead atoms. The number of alkyl halides is 3. The molecule has 2 aromatic rings. The van der Waals surface area contributed by atoms with Gasteiger partial charge in [-0.2, -0.15) is 13.2 Å². The molecule has 3 atom stereocenters. The molecule has 13 heteroatoms. The molecule has 33 heavy (non-hydrogen) atoms. The Morgan fingerprint density at radius 3 is 2.79 bits per heavy atom. The van der Waals surface area contributed by atoms with Crippen molar-refractivity contribution in [2.45, 2.75) is 24.7 Å². The van der Waals surface area contributed by atoms with Gasteiger partial charge < -0.3 is 25.3 Å². The lowest BCUT2D eigenvalue weighted by atomic mass is 9.77. The van der Waals surface area contributed by atoms with Gasteiger partial charge in [-0.25, -0.2) is 19.4 Å². The minimum absolute atomic E-state index is 0.0463. The van der Waals surface area contributed by atoms with E-state index in [1.165, 1.54) is 24.5 Å². The third-order valence-corrected chi connectivity index (χ3v) is 5.35. The fourth-order valence-corrected chi connectivity index (χ4v) is 3.88. The van der Waals surface area contributed by atoms with Crippen LogP contribution in [0.4, 0.5) is 23.2 Å². The van der Waals surface area contributed by atoms with E-state index >= 15 is 0 Å². The van der Waals surface area contributed by atoms with E-state index < -0.39 is 48.7 Å². The lowest BCUT2D eigenvalue weighted by Gasteiger charge is -2.36. The van der Waals surface area contributed by atoms with Gasteiger partial charge in [-0.15, -0.1) is 0 Å². The van der Waals surface area contributed by atoms with Crippen molar-refractivity contribution in [3.05, 3.63) is 47.7 Å². The summed E-state index contributed by atoms with van der Waals surface area (Å²) < 4.78 is 70.5. The van der Waals surface area contributed by atoms with Crippen molar-refractivity contribution in [1.82, 2.24) is 9.97 Å². The molecule has 1 saturated heterocycles. The Morgan fingerprint density at radius 1 is 1.33 bits per heavy atom. The fraction of sp³-hybridized carbons (Fsp3) is 0.400. The van der Waals surface area contributed by atoms with E-state index in [1.54, 1.807) is 6.92 Å². The molecule has 1 aromatic heterocycles. The highest BCUT2D eigenvalue weighted by atomic mass is 19.4. The number of halogens is 4. The Kier molecular flexibility index (Phi) is 5.82. The number of amides is 1. The summed E-state index contributed by atoms with van der Waals surface area (Å²) in [6, 6.07) is 3.10. The Labute approximate surface area is 185 Å². The topological polar surface area (TPSA) is 121 Å². The van der Waals surface area contributed by atoms with Crippen LogP contribution in [0, 0.1) is 11.7 Å². The van der Waals surface area contributed by atoms with Crippen molar-refractivity contribution >= 4 is 17.6 Å². The maximum absolute atomic E-state index is 14.9. The molecule has 1 fully saturated rings. The molecule has 3 N–H and O–H groups in total. The molecule has 0 aliphatic carbocycles. The number of hydrogen-bond donors (Lipinski definition) is 2. The second-order valence-electron chi connectivity index (χ2n) is 7.39. The van der Waals surface area contributed by atoms with Crippen LogP contribution in [-0.4, -0.2) is 54.0 Å². The average Bonchev–Trinajstić information content (AvgIpc) is 3.15. The number of aliphatic imine (C=N–C) groups is 1. The Morgan fingerprint density at radius 2 is 2.12 bits per heavy atom. The SMILES string of the molecule is CCOc1cnc(C(=O)Nc2ccc(F)c(C34COC(C(F)(F)F)C3COC(N)=N4)c2)cn1. The summed E-state index contributed by atoms with van der Waals surface area (Å²) in [6.07, 6.45) is -4.47. The molecular formula is C20H19F4N5O4. The van der Waals surface area contributed by atoms with Gasteiger partial charge in [-0.1, -0.05) is 0 Å². The first-order valence-electron chi connectivity index (χ1n) is 9.86. The summed E-state index contributed by atoms with van der Waals surface area (Å²) in [5, 5.41) is 2.52. The minimum atomic E-state index is -4.72. The third kappa shape index (κ3) is 4.27. The number of rotatable bonds is 5. The number of anilines is 1. The number of ether oxygens (including phenoxy) is 3. The first-order valence-corrected chi connectivity index (χ1v) is 9.86. The Bertz CT molecular complexity index is 1080. The molecule has 2 aliphatic heterocycles. The van der Waals surface area contributed by atoms with Crippen LogP contribution in [-0.2, 0) is 15.0 Å². The molecule has 2 aliphatic rings. The van der Waals surface area contributed by atoms with E-state index in [0.717, 1.165) is 6.07 Å². The molecule has 0 radical (unpaired) electrons. The van der Waals surface area contributed by atoms with Crippen LogP contribution in [0.5, 0.6) is 5.88 Å². The van der Waals surface area contributed by atoms with Gasteiger partial charge in [0, 0.05) is 11.3 Å². The molecule has 9 nitrogen and oxygen atoms in total. The largest absolute Gasteiger partial charge is 0.477 e. The summed E-state index contributed by atoms with van der Waals surface area (Å²) in [7, 11) is 0. The minimum Gasteiger partial charge on any atom is -0.477 e. The van der Waals surface area contributed by atoms with Crippen molar-refractivity contribution in [1.29, 1.82) is 0 Å². The van der Waals surface area contributed by atoms with Crippen LogP contribution in [0.1, 0.15) is 23.0 Å². The Hall–Kier alpha value is -3.48. The van der Waals surface area contributed by atoms with Gasteiger partial charge in [0.25, 0.3) is 11.9 Å². The van der Waals surface area contributed by atoms with Crippen molar-refractivity contribution in [2.75, 3.05) is 25.1 Å². The zero-order valence-electron chi connectivity index (χ0n) is 17.2. The normalized spacial score (nSPS) is 24.5. The van der Waals surface area contributed by atoms with Gasteiger partial charge in [-0.05, 0) is 25.1 Å². The highest BCUT2D eigenvalue weighted by molar-refractivity contribution is 6.02. The van der Waals surface area contributed by atoms with Gasteiger partial charge in [0.05, 0.1) is 38.1 Å². The second-order valence-corrected chi connectivity index (χ2v) is 7.39. The molecule has 4 rings (SSSR count). The summed E-state index contributed by atoms with van der Waals surface area (Å²) in [5.41, 5.74) is 3.70. The van der Waals surface area contributed by atoms with Crippen molar-refractivity contribution in [3.8, 4) is 5.88 Å². The number of aromatic nitrogens is 2. The quantitative estimate of drug-likeness (QED) is 0.645. The van der Waals surface area contributed by atoms with E-state index in [9.17, 15) is 22.4 Å². The lowest BCUT2D eigenvalue weighted by molar-refractivity contribution is -0.219. The van der Waals surface area contributed by atoms with Gasteiger partial charge in [0.1, 0.15) is 17.1 Å². The third-order valence-electron chi connectivity index (χ3n) is 5.35. The summed E-state index contributed by atoms with van der Waals surface area (Å²) in [6.45, 7) is 1.11. The van der Waals surface area contributed by atoms with Gasteiger partial charge in [-0.3, -0.25) is 4.79 Å². The monoisotopic (exact) mass is 469 g/mol. The molecular weight excluding hydrogens is 450 g/mol. The van der Waals surface area contributed by atoms with Gasteiger partial charge in [0.15, 0.2) is 6.10 Å². The summed E-state index contributed by atoms with van der Waals surface area (Å²) in [4.78, 5) is 24.5. The zero-order chi connectivity index (χ0) is 23.8. The fourth-order valence-electron chi connectivity index (χ4n) is 3.88. The molecule has 176 valence electrons. The van der Waals surface area contributed by atoms with E-state index in [-0.39, 0.29) is 28.8 Å². The van der Waals surface area contributed by atoms with Crippen LogP contribution in [0.2, 0.25) is 0 Å². The van der Waals surface area contributed by atoms with E-state index in [1.807, 2.05) is 0 Å². The summed E-state index contributed by atoms with van der Waals surface area (Å²) in [5.74, 6) is -2.63. The molecule has 1 amide bonds.